The van der Waals surface area contributed by atoms with Crippen LogP contribution in [0.3, 0.4) is 0 Å². The molecule has 0 aliphatic heterocycles. The van der Waals surface area contributed by atoms with Gasteiger partial charge < -0.3 is 9.47 Å². The second-order valence-electron chi connectivity index (χ2n) is 13.2. The summed E-state index contributed by atoms with van der Waals surface area (Å²) in [5.74, 6) is -7.63. The van der Waals surface area contributed by atoms with Gasteiger partial charge in [0.05, 0.1) is 12.2 Å². The van der Waals surface area contributed by atoms with Crippen molar-refractivity contribution in [2.75, 3.05) is 0 Å². The van der Waals surface area contributed by atoms with E-state index in [1.54, 1.807) is 0 Å². The highest BCUT2D eigenvalue weighted by Crippen LogP contribution is 2.65. The van der Waals surface area contributed by atoms with Crippen molar-refractivity contribution < 1.29 is 70.9 Å². The molecule has 47 heavy (non-hydrogen) atoms. The molecule has 0 aromatic heterocycles. The largest absolute Gasteiger partial charge is 0.403 e. The number of ether oxygens (including phenoxy) is 2. The second kappa shape index (κ2) is 14.3. The average Bonchev–Trinajstić information content (AvgIpc) is 3.00. The first-order chi connectivity index (χ1) is 21.8. The minimum atomic E-state index is -5.82. The van der Waals surface area contributed by atoms with Crippen LogP contribution in [0.5, 0.6) is 0 Å². The van der Waals surface area contributed by atoms with Gasteiger partial charge in [-0.25, -0.2) is 35.1 Å². The van der Waals surface area contributed by atoms with E-state index in [0.29, 0.717) is 0 Å². The molecule has 0 saturated heterocycles. The summed E-state index contributed by atoms with van der Waals surface area (Å²) in [6, 6.07) is 0. The summed E-state index contributed by atoms with van der Waals surface area (Å²) in [5, 5.41) is 0. The molecule has 4 rings (SSSR count). The van der Waals surface area contributed by atoms with Crippen LogP contribution < -0.4 is 0 Å². The predicted molar refractivity (Wildman–Crippen MR) is 142 cm³/mol. The first-order valence-electron chi connectivity index (χ1n) is 15.6. The highest BCUT2D eigenvalue weighted by molar-refractivity contribution is 5.09. The summed E-state index contributed by atoms with van der Waals surface area (Å²) in [6.45, 7) is 6.39. The third kappa shape index (κ3) is 6.80. The molecule has 4 fully saturated rings. The van der Waals surface area contributed by atoms with E-state index in [0.717, 1.165) is 12.2 Å². The van der Waals surface area contributed by atoms with Crippen molar-refractivity contribution in [1.29, 1.82) is 0 Å². The Balaban J connectivity index is 1.47. The predicted octanol–water partition coefficient (Wildman–Crippen LogP) is 9.32. The summed E-state index contributed by atoms with van der Waals surface area (Å²) < 4.78 is 214. The highest BCUT2D eigenvalue weighted by Gasteiger charge is 2.76. The number of rotatable bonds is 8. The van der Waals surface area contributed by atoms with E-state index in [9.17, 15) is 61.5 Å². The summed E-state index contributed by atoms with van der Waals surface area (Å²) in [7, 11) is 0. The molecule has 2 nitrogen and oxygen atoms in total. The monoisotopic (exact) mass is 708 g/mol. The van der Waals surface area contributed by atoms with Crippen LogP contribution in [0.4, 0.5) is 61.5 Å². The van der Waals surface area contributed by atoms with Crippen molar-refractivity contribution in [2.24, 2.45) is 29.1 Å². The van der Waals surface area contributed by atoms with E-state index in [2.05, 4.69) is 13.2 Å². The maximum absolute atomic E-state index is 14.8. The highest BCUT2D eigenvalue weighted by atomic mass is 19.4. The third-order valence-corrected chi connectivity index (χ3v) is 10.8. The zero-order valence-corrected chi connectivity index (χ0v) is 25.1. The number of alkyl halides is 14. The lowest BCUT2D eigenvalue weighted by Crippen LogP contribution is -2.61. The van der Waals surface area contributed by atoms with Crippen molar-refractivity contribution >= 4 is 0 Å². The van der Waals surface area contributed by atoms with Crippen molar-refractivity contribution in [1.82, 2.24) is 0 Å². The Hall–Kier alpha value is -1.58. The standard InChI is InChI=1S/C31H38F14O2/c1-3-17-19(32)23(36)25(38)27(21(17)34)46-15-9-5-13(6-10-15)29(30(40,41)42,31(43,44)45)14-7-11-16(12-8-14)47-28-22(35)18(4-2)20(33)24(37)26(28)39/h3-4,13-28H,1-2,5-12H2. The van der Waals surface area contributed by atoms with E-state index < -0.39 is 167 Å². The molecule has 4 saturated carbocycles. The molecule has 0 spiro atoms. The van der Waals surface area contributed by atoms with Crippen LogP contribution >= 0.6 is 0 Å². The first-order valence-corrected chi connectivity index (χ1v) is 15.6. The van der Waals surface area contributed by atoms with Gasteiger partial charge >= 0.3 is 12.4 Å². The lowest BCUT2D eigenvalue weighted by Gasteiger charge is -2.52. The van der Waals surface area contributed by atoms with Gasteiger partial charge in [-0.15, -0.1) is 13.2 Å². The van der Waals surface area contributed by atoms with Gasteiger partial charge in [0.25, 0.3) is 0 Å². The van der Waals surface area contributed by atoms with Crippen LogP contribution in [0, 0.1) is 29.1 Å². The lowest BCUT2D eigenvalue weighted by molar-refractivity contribution is -0.383. The van der Waals surface area contributed by atoms with E-state index in [1.807, 2.05) is 0 Å². The number of hydrogen-bond acceptors (Lipinski definition) is 2. The Morgan fingerprint density at radius 1 is 0.426 bits per heavy atom. The quantitative estimate of drug-likeness (QED) is 0.185. The van der Waals surface area contributed by atoms with E-state index in [4.69, 9.17) is 9.47 Å². The number of allylic oxidation sites excluding steroid dienone is 2. The number of halogens is 14. The molecule has 4 aliphatic carbocycles. The zero-order chi connectivity index (χ0) is 35.2. The maximum Gasteiger partial charge on any atom is 0.403 e. The Kier molecular flexibility index (Phi) is 11.7. The summed E-state index contributed by atoms with van der Waals surface area (Å²) in [6.07, 6.45) is -42.7. The van der Waals surface area contributed by atoms with Gasteiger partial charge in [0.1, 0.15) is 36.9 Å². The smallest absolute Gasteiger partial charge is 0.369 e. The van der Waals surface area contributed by atoms with Crippen LogP contribution in [-0.4, -0.2) is 86.1 Å². The maximum atomic E-state index is 14.8. The van der Waals surface area contributed by atoms with Crippen molar-refractivity contribution in [3.8, 4) is 0 Å². The molecule has 16 heteroatoms. The molecule has 4 aliphatic rings. The third-order valence-electron chi connectivity index (χ3n) is 10.8. The molecule has 0 heterocycles. The Morgan fingerprint density at radius 3 is 0.979 bits per heavy atom. The molecule has 0 aromatic carbocycles. The van der Waals surface area contributed by atoms with E-state index in [-0.39, 0.29) is 0 Å². The fourth-order valence-electron chi connectivity index (χ4n) is 8.27. The lowest BCUT2D eigenvalue weighted by atomic mass is 9.57. The van der Waals surface area contributed by atoms with Gasteiger partial charge in [-0.1, -0.05) is 12.2 Å². The van der Waals surface area contributed by atoms with Crippen molar-refractivity contribution in [2.45, 2.75) is 138 Å². The molecule has 0 radical (unpaired) electrons. The normalized spacial score (nSPS) is 45.7. The number of hydrogen-bond donors (Lipinski definition) is 0. The van der Waals surface area contributed by atoms with Crippen LogP contribution in [0.15, 0.2) is 25.3 Å². The molecular weight excluding hydrogens is 670 g/mol. The Morgan fingerprint density at radius 2 is 0.723 bits per heavy atom. The van der Waals surface area contributed by atoms with Gasteiger partial charge in [0.15, 0.2) is 30.1 Å². The van der Waals surface area contributed by atoms with Crippen LogP contribution in [0.2, 0.25) is 0 Å². The van der Waals surface area contributed by atoms with Crippen LogP contribution in [0.25, 0.3) is 0 Å². The van der Waals surface area contributed by atoms with Crippen molar-refractivity contribution in [3.63, 3.8) is 0 Å². The fourth-order valence-corrected chi connectivity index (χ4v) is 8.27. The Labute approximate surface area is 263 Å². The first kappa shape index (κ1) is 38.2. The summed E-state index contributed by atoms with van der Waals surface area (Å²) in [4.78, 5) is 0. The minimum Gasteiger partial charge on any atom is -0.369 e. The molecule has 0 N–H and O–H groups in total. The SMILES string of the molecule is C=CC1C(F)C(F)C(F)C(OC2CCC(C(C3CCC(OC4C(F)C(F)C(F)C(C=C)C4F)CC3)(C(F)(F)F)C(F)(F)F)CC2)C1F. The van der Waals surface area contributed by atoms with E-state index >= 15 is 0 Å². The molecule has 12 unspecified atom stereocenters. The van der Waals surface area contributed by atoms with Gasteiger partial charge in [-0.05, 0) is 63.2 Å². The van der Waals surface area contributed by atoms with Gasteiger partial charge in [0, 0.05) is 11.8 Å². The summed E-state index contributed by atoms with van der Waals surface area (Å²) >= 11 is 0. The van der Waals surface area contributed by atoms with Crippen LogP contribution in [-0.2, 0) is 9.47 Å². The zero-order valence-electron chi connectivity index (χ0n) is 25.1. The Bertz CT molecular complexity index is 972. The minimum absolute atomic E-state index is 0.483. The second-order valence-corrected chi connectivity index (χ2v) is 13.2. The summed E-state index contributed by atoms with van der Waals surface area (Å²) in [5.41, 5.74) is -4.24. The molecule has 0 bridgehead atoms. The van der Waals surface area contributed by atoms with Gasteiger partial charge in [-0.2, -0.15) is 26.3 Å². The topological polar surface area (TPSA) is 18.5 Å². The van der Waals surface area contributed by atoms with Gasteiger partial charge in [-0.3, -0.25) is 0 Å². The average molecular weight is 709 g/mol. The van der Waals surface area contributed by atoms with Crippen molar-refractivity contribution in [3.05, 3.63) is 25.3 Å². The molecule has 0 aromatic rings. The van der Waals surface area contributed by atoms with Crippen LogP contribution in [0.1, 0.15) is 51.4 Å². The molecular formula is C31H38F14O2. The molecule has 272 valence electrons. The molecule has 12 atom stereocenters. The van der Waals surface area contributed by atoms with E-state index in [1.165, 1.54) is 0 Å². The molecule has 0 amide bonds. The van der Waals surface area contributed by atoms with Gasteiger partial charge in [0.2, 0.25) is 0 Å². The fraction of sp³-hybridized carbons (Fsp3) is 0.871.